The van der Waals surface area contributed by atoms with E-state index in [4.69, 9.17) is 4.74 Å². The number of nitrogens with one attached hydrogen (secondary N) is 1. The van der Waals surface area contributed by atoms with E-state index in [1.165, 1.54) is 0 Å². The van der Waals surface area contributed by atoms with Crippen LogP contribution in [0.25, 0.3) is 0 Å². The molecule has 0 saturated heterocycles. The molecule has 0 aliphatic rings. The van der Waals surface area contributed by atoms with Gasteiger partial charge in [-0.3, -0.25) is 4.79 Å². The Hall–Kier alpha value is -1.08. The van der Waals surface area contributed by atoms with Gasteiger partial charge in [-0.05, 0) is 77.9 Å². The summed E-state index contributed by atoms with van der Waals surface area (Å²) in [5.74, 6) is 0.544. The smallest absolute Gasteiger partial charge is 0.262 e. The second-order valence-electron chi connectivity index (χ2n) is 4.78. The van der Waals surface area contributed by atoms with Gasteiger partial charge in [0.1, 0.15) is 5.75 Å². The van der Waals surface area contributed by atoms with Gasteiger partial charge in [0.05, 0.1) is 5.69 Å². The van der Waals surface area contributed by atoms with E-state index in [0.717, 1.165) is 24.9 Å². The molecule has 0 atom stereocenters. The van der Waals surface area contributed by atoms with E-state index in [9.17, 15) is 4.79 Å². The summed E-state index contributed by atoms with van der Waals surface area (Å²) in [6.45, 7) is 4.00. The Balaban J connectivity index is 1.95. The highest BCUT2D eigenvalue weighted by Gasteiger charge is 2.07. The molecular formula is C16H15BrINO2. The largest absolute Gasteiger partial charge is 0.484 e. The van der Waals surface area contributed by atoms with Crippen molar-refractivity contribution in [3.8, 4) is 5.75 Å². The number of carbonyl (C=O) groups is 1. The van der Waals surface area contributed by atoms with Crippen molar-refractivity contribution in [1.29, 1.82) is 0 Å². The predicted molar refractivity (Wildman–Crippen MR) is 96.9 cm³/mol. The van der Waals surface area contributed by atoms with Crippen LogP contribution in [0.4, 0.5) is 5.69 Å². The maximum absolute atomic E-state index is 11.9. The monoisotopic (exact) mass is 459 g/mol. The second-order valence-corrected chi connectivity index (χ2v) is 6.86. The molecule has 1 N–H and O–H groups in total. The molecule has 3 nitrogen and oxygen atoms in total. The van der Waals surface area contributed by atoms with Crippen molar-refractivity contribution in [2.24, 2.45) is 0 Å². The third-order valence-corrected chi connectivity index (χ3v) is 4.16. The van der Waals surface area contributed by atoms with Gasteiger partial charge in [-0.2, -0.15) is 0 Å². The lowest BCUT2D eigenvalue weighted by Crippen LogP contribution is -2.20. The molecule has 0 fully saturated rings. The molecule has 110 valence electrons. The van der Waals surface area contributed by atoms with Gasteiger partial charge in [-0.25, -0.2) is 0 Å². The van der Waals surface area contributed by atoms with Crippen LogP contribution in [0.15, 0.2) is 40.9 Å². The van der Waals surface area contributed by atoms with Crippen molar-refractivity contribution in [3.63, 3.8) is 0 Å². The van der Waals surface area contributed by atoms with E-state index in [2.05, 4.69) is 49.9 Å². The number of ether oxygens (including phenoxy) is 1. The minimum Gasteiger partial charge on any atom is -0.484 e. The quantitative estimate of drug-likeness (QED) is 0.673. The number of anilines is 1. The lowest BCUT2D eigenvalue weighted by atomic mass is 10.1. The molecular weight excluding hydrogens is 445 g/mol. The number of benzene rings is 2. The average molecular weight is 460 g/mol. The van der Waals surface area contributed by atoms with Crippen LogP contribution in [0, 0.1) is 17.4 Å². The van der Waals surface area contributed by atoms with Gasteiger partial charge < -0.3 is 10.1 Å². The number of amides is 1. The lowest BCUT2D eigenvalue weighted by molar-refractivity contribution is -0.118. The van der Waals surface area contributed by atoms with Crippen LogP contribution < -0.4 is 10.1 Å². The van der Waals surface area contributed by atoms with E-state index in [0.29, 0.717) is 5.75 Å². The summed E-state index contributed by atoms with van der Waals surface area (Å²) in [4.78, 5) is 11.9. The highest BCUT2D eigenvalue weighted by Crippen LogP contribution is 2.22. The molecule has 1 amide bonds. The van der Waals surface area contributed by atoms with Crippen LogP contribution in [0.2, 0.25) is 0 Å². The number of carbonyl (C=O) groups excluding carboxylic acids is 1. The standard InChI is InChI=1S/C16H15BrINO2/c1-10-5-11(2)7-13(6-10)21-9-16(20)19-15-4-3-12(17)8-14(15)18/h3-8H,9H2,1-2H3,(H,19,20). The molecule has 2 aromatic rings. The summed E-state index contributed by atoms with van der Waals surface area (Å²) in [5, 5.41) is 2.84. The van der Waals surface area contributed by atoms with Crippen molar-refractivity contribution < 1.29 is 9.53 Å². The van der Waals surface area contributed by atoms with E-state index >= 15 is 0 Å². The molecule has 0 bridgehead atoms. The van der Waals surface area contributed by atoms with E-state index in [1.807, 2.05) is 44.2 Å². The normalized spacial score (nSPS) is 10.3. The zero-order valence-electron chi connectivity index (χ0n) is 11.7. The van der Waals surface area contributed by atoms with Crippen molar-refractivity contribution in [2.45, 2.75) is 13.8 Å². The molecule has 0 aliphatic carbocycles. The van der Waals surface area contributed by atoms with Crippen LogP contribution in [0.3, 0.4) is 0 Å². The molecule has 0 aromatic heterocycles. The molecule has 0 unspecified atom stereocenters. The Labute approximate surface area is 146 Å². The summed E-state index contributed by atoms with van der Waals surface area (Å²) in [6, 6.07) is 11.6. The summed E-state index contributed by atoms with van der Waals surface area (Å²) in [6.07, 6.45) is 0. The third-order valence-electron chi connectivity index (χ3n) is 2.77. The summed E-state index contributed by atoms with van der Waals surface area (Å²) >= 11 is 5.58. The lowest BCUT2D eigenvalue weighted by Gasteiger charge is -2.10. The number of halogens is 2. The first-order valence-corrected chi connectivity index (χ1v) is 8.27. The maximum atomic E-state index is 11.9. The minimum absolute atomic E-state index is 0.00492. The highest BCUT2D eigenvalue weighted by molar-refractivity contribution is 14.1. The Kier molecular flexibility index (Phi) is 5.64. The van der Waals surface area contributed by atoms with Crippen molar-refractivity contribution in [1.82, 2.24) is 0 Å². The first-order valence-electron chi connectivity index (χ1n) is 6.40. The minimum atomic E-state index is -0.172. The Bertz CT molecular complexity index is 653. The van der Waals surface area contributed by atoms with Gasteiger partial charge >= 0.3 is 0 Å². The average Bonchev–Trinajstić information content (AvgIpc) is 2.39. The van der Waals surface area contributed by atoms with Gasteiger partial charge in [0.2, 0.25) is 0 Å². The van der Waals surface area contributed by atoms with Crippen molar-refractivity contribution >= 4 is 50.1 Å². The number of rotatable bonds is 4. The van der Waals surface area contributed by atoms with Crippen LogP contribution >= 0.6 is 38.5 Å². The summed E-state index contributed by atoms with van der Waals surface area (Å²) < 4.78 is 7.50. The van der Waals surface area contributed by atoms with Crippen LogP contribution in [0.1, 0.15) is 11.1 Å². The molecule has 2 aromatic carbocycles. The second kappa shape index (κ2) is 7.26. The van der Waals surface area contributed by atoms with Gasteiger partial charge in [0.25, 0.3) is 5.91 Å². The Morgan fingerprint density at radius 1 is 1.19 bits per heavy atom. The van der Waals surface area contributed by atoms with Gasteiger partial charge in [0.15, 0.2) is 6.61 Å². The van der Waals surface area contributed by atoms with Gasteiger partial charge in [0, 0.05) is 8.04 Å². The van der Waals surface area contributed by atoms with Crippen molar-refractivity contribution in [3.05, 3.63) is 55.6 Å². The molecule has 0 saturated carbocycles. The highest BCUT2D eigenvalue weighted by atomic mass is 127. The predicted octanol–water partition coefficient (Wildman–Crippen LogP) is 4.69. The SMILES string of the molecule is Cc1cc(C)cc(OCC(=O)Nc2ccc(Br)cc2I)c1. The fraction of sp³-hybridized carbons (Fsp3) is 0.188. The summed E-state index contributed by atoms with van der Waals surface area (Å²) in [5.41, 5.74) is 3.02. The number of hydrogen-bond acceptors (Lipinski definition) is 2. The van der Waals surface area contributed by atoms with Crippen molar-refractivity contribution in [2.75, 3.05) is 11.9 Å². The zero-order valence-corrected chi connectivity index (χ0v) is 15.5. The third kappa shape index (κ3) is 5.00. The fourth-order valence-electron chi connectivity index (χ4n) is 1.94. The molecule has 21 heavy (non-hydrogen) atoms. The number of hydrogen-bond donors (Lipinski definition) is 1. The molecule has 0 radical (unpaired) electrons. The van der Waals surface area contributed by atoms with Gasteiger partial charge in [-0.15, -0.1) is 0 Å². The summed E-state index contributed by atoms with van der Waals surface area (Å²) in [7, 11) is 0. The van der Waals surface area contributed by atoms with E-state index in [1.54, 1.807) is 0 Å². The Morgan fingerprint density at radius 2 is 1.86 bits per heavy atom. The maximum Gasteiger partial charge on any atom is 0.262 e. The van der Waals surface area contributed by atoms with Crippen LogP contribution in [0.5, 0.6) is 5.75 Å². The first-order chi connectivity index (χ1) is 9.94. The van der Waals surface area contributed by atoms with E-state index < -0.39 is 0 Å². The fourth-order valence-corrected chi connectivity index (χ4v) is 3.38. The Morgan fingerprint density at radius 3 is 2.48 bits per heavy atom. The number of aryl methyl sites for hydroxylation is 2. The van der Waals surface area contributed by atoms with Gasteiger partial charge in [-0.1, -0.05) is 22.0 Å². The topological polar surface area (TPSA) is 38.3 Å². The van der Waals surface area contributed by atoms with E-state index in [-0.39, 0.29) is 12.5 Å². The van der Waals surface area contributed by atoms with Crippen LogP contribution in [-0.4, -0.2) is 12.5 Å². The zero-order chi connectivity index (χ0) is 15.4. The molecule has 0 heterocycles. The molecule has 5 heteroatoms. The van der Waals surface area contributed by atoms with Crippen LogP contribution in [-0.2, 0) is 4.79 Å². The molecule has 2 rings (SSSR count). The molecule has 0 spiro atoms. The first kappa shape index (κ1) is 16.3. The molecule has 0 aliphatic heterocycles.